The number of rotatable bonds is 3. The van der Waals surface area contributed by atoms with E-state index in [1.165, 1.54) is 11.8 Å². The fraction of sp³-hybridized carbons (Fsp3) is 0.818. The zero-order valence-electron chi connectivity index (χ0n) is 10.0. The minimum absolute atomic E-state index is 0.0766. The van der Waals surface area contributed by atoms with E-state index in [1.54, 1.807) is 11.8 Å². The molecule has 0 aromatic rings. The summed E-state index contributed by atoms with van der Waals surface area (Å²) < 4.78 is 0. The van der Waals surface area contributed by atoms with Crippen molar-refractivity contribution in [2.75, 3.05) is 11.5 Å². The summed E-state index contributed by atoms with van der Waals surface area (Å²) >= 11 is 1.62. The number of hydrogen-bond donors (Lipinski definition) is 1. The lowest BCUT2D eigenvalue weighted by molar-refractivity contribution is -0.159. The molecule has 5 heteroatoms. The predicted octanol–water partition coefficient (Wildman–Crippen LogP) is 1.59. The first-order valence-electron chi connectivity index (χ1n) is 5.53. The third-order valence-corrected chi connectivity index (χ3v) is 4.19. The summed E-state index contributed by atoms with van der Waals surface area (Å²) in [5.74, 6) is 0.461. The molecule has 4 nitrogen and oxygen atoms in total. The molecule has 1 amide bonds. The van der Waals surface area contributed by atoms with Gasteiger partial charge in [0.1, 0.15) is 5.54 Å². The second-order valence-electron chi connectivity index (χ2n) is 4.48. The van der Waals surface area contributed by atoms with E-state index >= 15 is 0 Å². The molecule has 0 aromatic carbocycles. The fourth-order valence-electron chi connectivity index (χ4n) is 2.40. The van der Waals surface area contributed by atoms with Gasteiger partial charge in [0, 0.05) is 18.7 Å². The summed E-state index contributed by atoms with van der Waals surface area (Å²) in [5, 5.41) is 9.45. The standard InChI is InChI=1S/C11H19NO3S/c1-8(2)12(9(3)13)11(10(14)15)5-4-6-16-7-11/h8H,4-7H2,1-3H3,(H,14,15). The molecule has 0 bridgehead atoms. The van der Waals surface area contributed by atoms with Crippen LogP contribution in [-0.4, -0.2) is 45.0 Å². The Labute approximate surface area is 100 Å². The van der Waals surface area contributed by atoms with Crippen LogP contribution in [0.5, 0.6) is 0 Å². The van der Waals surface area contributed by atoms with Crippen molar-refractivity contribution >= 4 is 23.6 Å². The van der Waals surface area contributed by atoms with Crippen LogP contribution in [0.3, 0.4) is 0 Å². The molecule has 1 N–H and O–H groups in total. The number of hydrogen-bond acceptors (Lipinski definition) is 3. The number of carboxylic acid groups (broad SMARTS) is 1. The Morgan fingerprint density at radius 2 is 2.06 bits per heavy atom. The van der Waals surface area contributed by atoms with Gasteiger partial charge in [0.2, 0.25) is 5.91 Å². The van der Waals surface area contributed by atoms with Gasteiger partial charge >= 0.3 is 5.97 Å². The van der Waals surface area contributed by atoms with Gasteiger partial charge in [-0.25, -0.2) is 4.79 Å². The van der Waals surface area contributed by atoms with Gasteiger partial charge in [-0.3, -0.25) is 4.79 Å². The van der Waals surface area contributed by atoms with Crippen LogP contribution in [0.25, 0.3) is 0 Å². The lowest BCUT2D eigenvalue weighted by atomic mass is 9.91. The molecule has 0 radical (unpaired) electrons. The minimum Gasteiger partial charge on any atom is -0.479 e. The largest absolute Gasteiger partial charge is 0.479 e. The lowest BCUT2D eigenvalue weighted by Gasteiger charge is -2.44. The van der Waals surface area contributed by atoms with Crippen LogP contribution >= 0.6 is 11.8 Å². The highest BCUT2D eigenvalue weighted by Gasteiger charge is 2.47. The zero-order chi connectivity index (χ0) is 12.3. The van der Waals surface area contributed by atoms with E-state index in [0.717, 1.165) is 12.2 Å². The van der Waals surface area contributed by atoms with Gasteiger partial charge in [0.05, 0.1) is 0 Å². The average molecular weight is 245 g/mol. The fourth-order valence-corrected chi connectivity index (χ4v) is 3.64. The van der Waals surface area contributed by atoms with E-state index in [-0.39, 0.29) is 11.9 Å². The van der Waals surface area contributed by atoms with Crippen molar-refractivity contribution < 1.29 is 14.7 Å². The normalized spacial score (nSPS) is 25.5. The second kappa shape index (κ2) is 5.08. The van der Waals surface area contributed by atoms with Gasteiger partial charge in [-0.15, -0.1) is 0 Å². The maximum absolute atomic E-state index is 11.6. The van der Waals surface area contributed by atoms with Gasteiger partial charge in [-0.2, -0.15) is 11.8 Å². The highest BCUT2D eigenvalue weighted by atomic mass is 32.2. The SMILES string of the molecule is CC(=O)N(C(C)C)C1(C(=O)O)CCCSC1. The maximum atomic E-state index is 11.6. The van der Waals surface area contributed by atoms with Crippen LogP contribution < -0.4 is 0 Å². The quantitative estimate of drug-likeness (QED) is 0.820. The van der Waals surface area contributed by atoms with Gasteiger partial charge in [-0.05, 0) is 32.4 Å². The number of carbonyl (C=O) groups is 2. The first kappa shape index (κ1) is 13.4. The van der Waals surface area contributed by atoms with E-state index in [0.29, 0.717) is 12.2 Å². The van der Waals surface area contributed by atoms with Crippen molar-refractivity contribution in [2.45, 2.75) is 45.2 Å². The molecule has 1 heterocycles. The second-order valence-corrected chi connectivity index (χ2v) is 5.58. The molecule has 1 saturated heterocycles. The van der Waals surface area contributed by atoms with Gasteiger partial charge < -0.3 is 10.0 Å². The van der Waals surface area contributed by atoms with Gasteiger partial charge in [0.25, 0.3) is 0 Å². The van der Waals surface area contributed by atoms with Crippen molar-refractivity contribution in [3.8, 4) is 0 Å². The number of carboxylic acids is 1. The zero-order valence-corrected chi connectivity index (χ0v) is 10.8. The van der Waals surface area contributed by atoms with Crippen LogP contribution in [-0.2, 0) is 9.59 Å². The first-order chi connectivity index (χ1) is 7.42. The molecule has 1 aliphatic rings. The van der Waals surface area contributed by atoms with E-state index in [4.69, 9.17) is 0 Å². The van der Waals surface area contributed by atoms with Crippen molar-refractivity contribution in [3.05, 3.63) is 0 Å². The van der Waals surface area contributed by atoms with Gasteiger partial charge in [-0.1, -0.05) is 0 Å². The van der Waals surface area contributed by atoms with E-state index in [2.05, 4.69) is 0 Å². The van der Waals surface area contributed by atoms with Crippen molar-refractivity contribution in [3.63, 3.8) is 0 Å². The highest BCUT2D eigenvalue weighted by molar-refractivity contribution is 7.99. The number of amides is 1. The van der Waals surface area contributed by atoms with Crippen LogP contribution in [0.2, 0.25) is 0 Å². The Morgan fingerprint density at radius 3 is 2.38 bits per heavy atom. The lowest BCUT2D eigenvalue weighted by Crippen LogP contribution is -2.61. The Kier molecular flexibility index (Phi) is 4.24. The third kappa shape index (κ3) is 2.34. The summed E-state index contributed by atoms with van der Waals surface area (Å²) in [4.78, 5) is 24.7. The third-order valence-electron chi connectivity index (χ3n) is 2.93. The molecule has 0 spiro atoms. The molecule has 1 rings (SSSR count). The smallest absolute Gasteiger partial charge is 0.330 e. The number of carbonyl (C=O) groups excluding carboxylic acids is 1. The summed E-state index contributed by atoms with van der Waals surface area (Å²) in [5.41, 5.74) is -0.997. The topological polar surface area (TPSA) is 57.6 Å². The summed E-state index contributed by atoms with van der Waals surface area (Å²) in [7, 11) is 0. The summed E-state index contributed by atoms with van der Waals surface area (Å²) in [6.07, 6.45) is 1.42. The van der Waals surface area contributed by atoms with E-state index in [1.807, 2.05) is 13.8 Å². The van der Waals surface area contributed by atoms with Crippen LogP contribution in [0.1, 0.15) is 33.6 Å². The molecule has 0 aliphatic carbocycles. The molecule has 1 fully saturated rings. The monoisotopic (exact) mass is 245 g/mol. The van der Waals surface area contributed by atoms with E-state index in [9.17, 15) is 14.7 Å². The van der Waals surface area contributed by atoms with Crippen molar-refractivity contribution in [2.24, 2.45) is 0 Å². The van der Waals surface area contributed by atoms with Crippen LogP contribution in [0, 0.1) is 0 Å². The summed E-state index contributed by atoms with van der Waals surface area (Å²) in [6, 6.07) is -0.0766. The van der Waals surface area contributed by atoms with Crippen molar-refractivity contribution in [1.29, 1.82) is 0 Å². The Bertz CT molecular complexity index is 285. The maximum Gasteiger partial charge on any atom is 0.330 e. The molecule has 1 atom stereocenters. The van der Waals surface area contributed by atoms with Crippen molar-refractivity contribution in [1.82, 2.24) is 4.90 Å². The molecule has 92 valence electrons. The van der Waals surface area contributed by atoms with Crippen LogP contribution in [0.15, 0.2) is 0 Å². The Morgan fingerprint density at radius 1 is 1.44 bits per heavy atom. The number of aliphatic carboxylic acids is 1. The molecule has 0 saturated carbocycles. The predicted molar refractivity (Wildman–Crippen MR) is 64.6 cm³/mol. The van der Waals surface area contributed by atoms with Gasteiger partial charge in [0.15, 0.2) is 0 Å². The minimum atomic E-state index is -0.997. The molecule has 16 heavy (non-hydrogen) atoms. The summed E-state index contributed by atoms with van der Waals surface area (Å²) in [6.45, 7) is 5.18. The average Bonchev–Trinajstić information content (AvgIpc) is 2.17. The molecular formula is C11H19NO3S. The Hall–Kier alpha value is -0.710. The molecule has 1 aliphatic heterocycles. The number of thioether (sulfide) groups is 1. The molecule has 0 aromatic heterocycles. The number of nitrogens with zero attached hydrogens (tertiary/aromatic N) is 1. The molecule has 1 unspecified atom stereocenters. The first-order valence-corrected chi connectivity index (χ1v) is 6.68. The van der Waals surface area contributed by atoms with E-state index < -0.39 is 11.5 Å². The molecular weight excluding hydrogens is 226 g/mol. The van der Waals surface area contributed by atoms with Crippen LogP contribution in [0.4, 0.5) is 0 Å². The highest BCUT2D eigenvalue weighted by Crippen LogP contribution is 2.34. The Balaban J connectivity index is 3.07.